The number of anilines is 2. The number of ether oxygens (including phenoxy) is 1. The lowest BCUT2D eigenvalue weighted by atomic mass is 10.3. The van der Waals surface area contributed by atoms with Crippen LogP contribution < -0.4 is 15.4 Å². The van der Waals surface area contributed by atoms with Crippen LogP contribution in [-0.2, 0) is 6.54 Å². The smallest absolute Gasteiger partial charge is 0.320 e. The fourth-order valence-electron chi connectivity index (χ4n) is 1.47. The highest BCUT2D eigenvalue weighted by atomic mass is 79.9. The maximum absolute atomic E-state index is 5.45. The Kier molecular flexibility index (Phi) is 4.75. The average Bonchev–Trinajstić information content (AvgIpc) is 2.86. The van der Waals surface area contributed by atoms with Gasteiger partial charge in [-0.1, -0.05) is 12.0 Å². The minimum Gasteiger partial charge on any atom is -0.495 e. The molecule has 0 amide bonds. The highest BCUT2D eigenvalue weighted by molar-refractivity contribution is 9.10. The zero-order valence-electron chi connectivity index (χ0n) is 10.7. The zero-order chi connectivity index (χ0) is 13.7. The summed E-state index contributed by atoms with van der Waals surface area (Å²) in [6, 6.07) is 5.98. The SMILES string of the molecule is CCNCc1nnc(Nc2ccc(Br)c(OC)c2)o1. The zero-order valence-corrected chi connectivity index (χ0v) is 12.3. The van der Waals surface area contributed by atoms with Crippen molar-refractivity contribution in [2.75, 3.05) is 19.0 Å². The predicted octanol–water partition coefficient (Wildman–Crippen LogP) is 2.69. The van der Waals surface area contributed by atoms with E-state index < -0.39 is 0 Å². The van der Waals surface area contributed by atoms with E-state index in [9.17, 15) is 0 Å². The van der Waals surface area contributed by atoms with Crippen molar-refractivity contribution >= 4 is 27.6 Å². The van der Waals surface area contributed by atoms with Gasteiger partial charge >= 0.3 is 6.01 Å². The molecule has 102 valence electrons. The Balaban J connectivity index is 2.06. The first kappa shape index (κ1) is 13.8. The quantitative estimate of drug-likeness (QED) is 0.850. The van der Waals surface area contributed by atoms with Crippen LogP contribution in [0.1, 0.15) is 12.8 Å². The number of hydrogen-bond acceptors (Lipinski definition) is 6. The van der Waals surface area contributed by atoms with Crippen LogP contribution in [0.5, 0.6) is 5.75 Å². The van der Waals surface area contributed by atoms with Gasteiger partial charge in [-0.2, -0.15) is 0 Å². The summed E-state index contributed by atoms with van der Waals surface area (Å²) >= 11 is 3.40. The lowest BCUT2D eigenvalue weighted by Crippen LogP contribution is -2.11. The van der Waals surface area contributed by atoms with Gasteiger partial charge in [-0.25, -0.2) is 0 Å². The summed E-state index contributed by atoms with van der Waals surface area (Å²) in [4.78, 5) is 0. The first-order valence-corrected chi connectivity index (χ1v) is 6.66. The van der Waals surface area contributed by atoms with E-state index in [2.05, 4.69) is 36.8 Å². The third-order valence-corrected chi connectivity index (χ3v) is 3.05. The number of halogens is 1. The Bertz CT molecular complexity index is 544. The maximum Gasteiger partial charge on any atom is 0.320 e. The van der Waals surface area contributed by atoms with Crippen LogP contribution in [0, 0.1) is 0 Å². The van der Waals surface area contributed by atoms with Crippen LogP contribution >= 0.6 is 15.9 Å². The third-order valence-electron chi connectivity index (χ3n) is 2.40. The second kappa shape index (κ2) is 6.53. The molecule has 0 saturated carbocycles. The van der Waals surface area contributed by atoms with Crippen molar-refractivity contribution in [3.05, 3.63) is 28.6 Å². The molecule has 7 heteroatoms. The van der Waals surface area contributed by atoms with Gasteiger partial charge in [-0.05, 0) is 34.6 Å². The number of aromatic nitrogens is 2. The minimum absolute atomic E-state index is 0.359. The van der Waals surface area contributed by atoms with E-state index in [-0.39, 0.29) is 0 Å². The molecule has 6 nitrogen and oxygen atoms in total. The molecule has 0 aliphatic carbocycles. The van der Waals surface area contributed by atoms with E-state index in [1.54, 1.807) is 7.11 Å². The van der Waals surface area contributed by atoms with E-state index in [1.165, 1.54) is 0 Å². The molecule has 1 aromatic carbocycles. The molecule has 2 rings (SSSR count). The maximum atomic E-state index is 5.45. The average molecular weight is 327 g/mol. The molecule has 0 atom stereocenters. The highest BCUT2D eigenvalue weighted by Crippen LogP contribution is 2.29. The van der Waals surface area contributed by atoms with E-state index in [0.29, 0.717) is 18.5 Å². The summed E-state index contributed by atoms with van der Waals surface area (Å²) in [5, 5.41) is 14.0. The van der Waals surface area contributed by atoms with Crippen molar-refractivity contribution < 1.29 is 9.15 Å². The largest absolute Gasteiger partial charge is 0.495 e. The number of nitrogens with one attached hydrogen (secondary N) is 2. The van der Waals surface area contributed by atoms with Crippen LogP contribution in [0.3, 0.4) is 0 Å². The Labute approximate surface area is 119 Å². The van der Waals surface area contributed by atoms with Gasteiger partial charge in [0.25, 0.3) is 0 Å². The van der Waals surface area contributed by atoms with Crippen molar-refractivity contribution in [3.63, 3.8) is 0 Å². The normalized spacial score (nSPS) is 10.5. The number of nitrogens with zero attached hydrogens (tertiary/aromatic N) is 2. The molecule has 0 aliphatic heterocycles. The Morgan fingerprint density at radius 1 is 1.37 bits per heavy atom. The molecular formula is C12H15BrN4O2. The molecule has 0 fully saturated rings. The summed E-state index contributed by atoms with van der Waals surface area (Å²) in [6.45, 7) is 3.44. The Morgan fingerprint density at radius 3 is 2.95 bits per heavy atom. The number of rotatable bonds is 6. The molecule has 0 bridgehead atoms. The van der Waals surface area contributed by atoms with E-state index in [0.717, 1.165) is 22.5 Å². The number of benzene rings is 1. The first-order chi connectivity index (χ1) is 9.22. The van der Waals surface area contributed by atoms with Crippen LogP contribution in [0.15, 0.2) is 27.1 Å². The van der Waals surface area contributed by atoms with E-state index in [1.807, 2.05) is 25.1 Å². The van der Waals surface area contributed by atoms with Gasteiger partial charge in [0.05, 0.1) is 18.1 Å². The molecule has 1 heterocycles. The lowest BCUT2D eigenvalue weighted by molar-refractivity contribution is 0.412. The van der Waals surface area contributed by atoms with Crippen LogP contribution in [0.2, 0.25) is 0 Å². The van der Waals surface area contributed by atoms with Crippen LogP contribution in [-0.4, -0.2) is 23.9 Å². The van der Waals surface area contributed by atoms with Gasteiger partial charge in [0.2, 0.25) is 5.89 Å². The minimum atomic E-state index is 0.359. The summed E-state index contributed by atoms with van der Waals surface area (Å²) in [7, 11) is 1.62. The molecular weight excluding hydrogens is 312 g/mol. The topological polar surface area (TPSA) is 72.2 Å². The monoisotopic (exact) mass is 326 g/mol. The van der Waals surface area contributed by atoms with Gasteiger partial charge in [0.15, 0.2) is 0 Å². The number of methoxy groups -OCH3 is 1. The predicted molar refractivity (Wildman–Crippen MR) is 75.7 cm³/mol. The van der Waals surface area contributed by atoms with Gasteiger partial charge in [0.1, 0.15) is 5.75 Å². The van der Waals surface area contributed by atoms with Crippen molar-refractivity contribution in [2.45, 2.75) is 13.5 Å². The first-order valence-electron chi connectivity index (χ1n) is 5.86. The van der Waals surface area contributed by atoms with Gasteiger partial charge in [0, 0.05) is 11.8 Å². The van der Waals surface area contributed by atoms with Crippen molar-refractivity contribution in [2.24, 2.45) is 0 Å². The summed E-state index contributed by atoms with van der Waals surface area (Å²) in [5.74, 6) is 1.28. The van der Waals surface area contributed by atoms with Crippen LogP contribution in [0.4, 0.5) is 11.7 Å². The second-order valence-electron chi connectivity index (χ2n) is 3.76. The van der Waals surface area contributed by atoms with E-state index >= 15 is 0 Å². The van der Waals surface area contributed by atoms with Crippen LogP contribution in [0.25, 0.3) is 0 Å². The van der Waals surface area contributed by atoms with Crippen molar-refractivity contribution in [3.8, 4) is 5.75 Å². The molecule has 1 aromatic heterocycles. The van der Waals surface area contributed by atoms with Gasteiger partial charge in [-0.15, -0.1) is 5.10 Å². The number of hydrogen-bond donors (Lipinski definition) is 2. The summed E-state index contributed by atoms with van der Waals surface area (Å²) in [6.07, 6.45) is 0. The van der Waals surface area contributed by atoms with Crippen molar-refractivity contribution in [1.29, 1.82) is 0 Å². The summed E-state index contributed by atoms with van der Waals surface area (Å²) in [5.41, 5.74) is 0.818. The lowest BCUT2D eigenvalue weighted by Gasteiger charge is -2.06. The molecule has 0 saturated heterocycles. The molecule has 0 radical (unpaired) electrons. The molecule has 2 aromatic rings. The van der Waals surface area contributed by atoms with Gasteiger partial charge in [-0.3, -0.25) is 0 Å². The standard InChI is InChI=1S/C12H15BrN4O2/c1-3-14-7-11-16-17-12(19-11)15-8-4-5-9(13)10(6-8)18-2/h4-6,14H,3,7H2,1-2H3,(H,15,17). The highest BCUT2D eigenvalue weighted by Gasteiger charge is 2.07. The second-order valence-corrected chi connectivity index (χ2v) is 4.61. The molecule has 0 spiro atoms. The third kappa shape index (κ3) is 3.68. The Hall–Kier alpha value is -1.60. The Morgan fingerprint density at radius 2 is 2.21 bits per heavy atom. The molecule has 0 unspecified atom stereocenters. The van der Waals surface area contributed by atoms with Crippen molar-refractivity contribution in [1.82, 2.24) is 15.5 Å². The molecule has 2 N–H and O–H groups in total. The fraction of sp³-hybridized carbons (Fsp3) is 0.333. The molecule has 0 aliphatic rings. The van der Waals surface area contributed by atoms with Gasteiger partial charge < -0.3 is 19.8 Å². The molecule has 19 heavy (non-hydrogen) atoms. The summed E-state index contributed by atoms with van der Waals surface area (Å²) < 4.78 is 11.6. The van der Waals surface area contributed by atoms with E-state index in [4.69, 9.17) is 9.15 Å². The fourth-order valence-corrected chi connectivity index (χ4v) is 1.88.